The second-order valence-corrected chi connectivity index (χ2v) is 8.13. The average Bonchev–Trinajstić information content (AvgIpc) is 3.07. The van der Waals surface area contributed by atoms with Gasteiger partial charge >= 0.3 is 0 Å². The maximum atomic E-state index is 13.7. The Kier molecular flexibility index (Phi) is 9.80. The van der Waals surface area contributed by atoms with E-state index < -0.39 is 17.9 Å². The molecule has 0 bridgehead atoms. The maximum absolute atomic E-state index is 13.7. The number of carbonyl (C=O) groups is 3. The lowest BCUT2D eigenvalue weighted by atomic mass is 9.96. The molecule has 0 aliphatic carbocycles. The molecule has 0 spiro atoms. The highest BCUT2D eigenvalue weighted by molar-refractivity contribution is 6.22. The molecule has 33 heavy (non-hydrogen) atoms. The van der Waals surface area contributed by atoms with Gasteiger partial charge < -0.3 is 23.8 Å². The van der Waals surface area contributed by atoms with Crippen molar-refractivity contribution in [2.45, 2.75) is 26.3 Å². The molecule has 9 heteroatoms. The summed E-state index contributed by atoms with van der Waals surface area (Å²) in [5.41, 5.74) is 0.680. The zero-order chi connectivity index (χ0) is 23.6. The van der Waals surface area contributed by atoms with Crippen LogP contribution in [0.1, 0.15) is 41.0 Å². The lowest BCUT2D eigenvalue weighted by Gasteiger charge is -2.34. The molecule has 2 aliphatic rings. The Morgan fingerprint density at radius 2 is 1.24 bits per heavy atom. The molecule has 3 rings (SSSR count). The van der Waals surface area contributed by atoms with Gasteiger partial charge in [-0.1, -0.05) is 32.4 Å². The Morgan fingerprint density at radius 1 is 0.818 bits per heavy atom. The molecule has 0 radical (unpaired) electrons. The second-order valence-electron chi connectivity index (χ2n) is 8.13. The van der Waals surface area contributed by atoms with Crippen LogP contribution in [-0.2, 0) is 23.7 Å². The lowest BCUT2D eigenvalue weighted by Crippen LogP contribution is -2.55. The van der Waals surface area contributed by atoms with E-state index in [1.54, 1.807) is 29.2 Å². The van der Waals surface area contributed by atoms with Gasteiger partial charge in [0.05, 0.1) is 64.0 Å². The first-order valence-electron chi connectivity index (χ1n) is 11.6. The van der Waals surface area contributed by atoms with E-state index in [-0.39, 0.29) is 11.8 Å². The molecule has 9 nitrogen and oxygen atoms in total. The quantitative estimate of drug-likeness (QED) is 0.628. The minimum atomic E-state index is -0.892. The van der Waals surface area contributed by atoms with Crippen molar-refractivity contribution >= 4 is 17.7 Å². The molecule has 0 N–H and O–H groups in total. The van der Waals surface area contributed by atoms with Gasteiger partial charge in [0.1, 0.15) is 6.04 Å². The van der Waals surface area contributed by atoms with Gasteiger partial charge in [-0.2, -0.15) is 0 Å². The molecule has 182 valence electrons. The largest absolute Gasteiger partial charge is 0.377 e. The zero-order valence-electron chi connectivity index (χ0n) is 19.5. The van der Waals surface area contributed by atoms with E-state index in [1.807, 2.05) is 13.8 Å². The minimum Gasteiger partial charge on any atom is -0.377 e. The van der Waals surface area contributed by atoms with Crippen molar-refractivity contribution in [2.24, 2.45) is 5.92 Å². The smallest absolute Gasteiger partial charge is 0.262 e. The summed E-state index contributed by atoms with van der Waals surface area (Å²) < 4.78 is 22.1. The molecule has 1 aromatic rings. The fraction of sp³-hybridized carbons (Fsp3) is 0.625. The number of imide groups is 1. The van der Waals surface area contributed by atoms with E-state index in [9.17, 15) is 14.4 Å². The molecule has 2 atom stereocenters. The summed E-state index contributed by atoms with van der Waals surface area (Å²) >= 11 is 0. The number of benzene rings is 1. The molecule has 1 aromatic carbocycles. The van der Waals surface area contributed by atoms with Crippen LogP contribution in [0.15, 0.2) is 24.3 Å². The van der Waals surface area contributed by atoms with Crippen LogP contribution in [0.3, 0.4) is 0 Å². The summed E-state index contributed by atoms with van der Waals surface area (Å²) in [5, 5.41) is 0. The average molecular weight is 463 g/mol. The highest BCUT2D eigenvalue weighted by Gasteiger charge is 2.45. The molecule has 0 saturated carbocycles. The third-order valence-corrected chi connectivity index (χ3v) is 5.98. The van der Waals surface area contributed by atoms with Gasteiger partial charge in [0.25, 0.3) is 11.8 Å². The van der Waals surface area contributed by atoms with Crippen LogP contribution in [0.2, 0.25) is 0 Å². The molecular weight excluding hydrogens is 428 g/mol. The molecule has 0 aromatic heterocycles. The van der Waals surface area contributed by atoms with Gasteiger partial charge in [-0.15, -0.1) is 0 Å². The van der Waals surface area contributed by atoms with Gasteiger partial charge in [-0.3, -0.25) is 19.3 Å². The van der Waals surface area contributed by atoms with Crippen molar-refractivity contribution in [3.8, 4) is 0 Å². The highest BCUT2D eigenvalue weighted by atomic mass is 16.6. The highest BCUT2D eigenvalue weighted by Crippen LogP contribution is 2.29. The topological polar surface area (TPSA) is 94.6 Å². The summed E-state index contributed by atoms with van der Waals surface area (Å²) in [7, 11) is 0. The molecule has 0 unspecified atom stereocenters. The molecular formula is C24H34N2O7. The third kappa shape index (κ3) is 6.38. The van der Waals surface area contributed by atoms with Crippen molar-refractivity contribution in [1.29, 1.82) is 0 Å². The van der Waals surface area contributed by atoms with Crippen LogP contribution in [0.25, 0.3) is 0 Å². The van der Waals surface area contributed by atoms with E-state index in [4.69, 9.17) is 18.9 Å². The number of hydrogen-bond donors (Lipinski definition) is 0. The fourth-order valence-electron chi connectivity index (χ4n) is 3.92. The maximum Gasteiger partial charge on any atom is 0.262 e. The lowest BCUT2D eigenvalue weighted by molar-refractivity contribution is -0.138. The normalized spacial score (nSPS) is 21.2. The Morgan fingerprint density at radius 3 is 1.67 bits per heavy atom. The number of ether oxygens (including phenoxy) is 4. The van der Waals surface area contributed by atoms with E-state index in [1.165, 1.54) is 0 Å². The van der Waals surface area contributed by atoms with Crippen molar-refractivity contribution in [3.63, 3.8) is 0 Å². The van der Waals surface area contributed by atoms with Crippen molar-refractivity contribution in [2.75, 3.05) is 65.9 Å². The first-order chi connectivity index (χ1) is 16.1. The number of carbonyl (C=O) groups excluding carboxylic acids is 3. The Balaban J connectivity index is 1.77. The summed E-state index contributed by atoms with van der Waals surface area (Å²) in [6, 6.07) is 5.81. The van der Waals surface area contributed by atoms with E-state index >= 15 is 0 Å². The van der Waals surface area contributed by atoms with E-state index in [0.29, 0.717) is 83.5 Å². The Labute approximate surface area is 194 Å². The molecule has 1 fully saturated rings. The van der Waals surface area contributed by atoms with Crippen LogP contribution in [-0.4, -0.2) is 99.5 Å². The van der Waals surface area contributed by atoms with Crippen LogP contribution in [0, 0.1) is 5.92 Å². The van der Waals surface area contributed by atoms with Crippen LogP contribution in [0.5, 0.6) is 0 Å². The van der Waals surface area contributed by atoms with Crippen molar-refractivity contribution in [3.05, 3.63) is 35.4 Å². The van der Waals surface area contributed by atoms with Gasteiger partial charge in [-0.25, -0.2) is 0 Å². The zero-order valence-corrected chi connectivity index (χ0v) is 19.5. The fourth-order valence-corrected chi connectivity index (χ4v) is 3.92. The predicted octanol–water partition coefficient (Wildman–Crippen LogP) is 1.61. The Hall–Kier alpha value is -2.33. The minimum absolute atomic E-state index is 0.208. The number of rotatable bonds is 4. The number of amides is 3. The summed E-state index contributed by atoms with van der Waals surface area (Å²) in [5.74, 6) is -1.33. The Bertz CT molecular complexity index is 765. The number of fused-ring (bicyclic) bond motifs is 1. The SMILES string of the molecule is CC[C@H](C)[C@@H](C(=O)N1CCOCCOCCOCCOCC1)N1C(=O)c2ccccc2C1=O. The van der Waals surface area contributed by atoms with Crippen LogP contribution < -0.4 is 0 Å². The number of nitrogens with zero attached hydrogens (tertiary/aromatic N) is 2. The predicted molar refractivity (Wildman–Crippen MR) is 120 cm³/mol. The van der Waals surface area contributed by atoms with Crippen molar-refractivity contribution < 1.29 is 33.3 Å². The van der Waals surface area contributed by atoms with Crippen molar-refractivity contribution in [1.82, 2.24) is 9.80 Å². The second kappa shape index (κ2) is 12.8. The number of hydrogen-bond acceptors (Lipinski definition) is 7. The molecule has 2 heterocycles. The molecule has 1 saturated heterocycles. The molecule has 2 aliphatic heterocycles. The van der Waals surface area contributed by atoms with Gasteiger partial charge in [0.2, 0.25) is 5.91 Å². The van der Waals surface area contributed by atoms with Crippen LogP contribution in [0.4, 0.5) is 0 Å². The third-order valence-electron chi connectivity index (χ3n) is 5.98. The summed E-state index contributed by atoms with van der Waals surface area (Å²) in [4.78, 5) is 42.8. The van der Waals surface area contributed by atoms with Crippen LogP contribution >= 0.6 is 0 Å². The first-order valence-corrected chi connectivity index (χ1v) is 11.6. The van der Waals surface area contributed by atoms with E-state index in [0.717, 1.165) is 4.90 Å². The summed E-state index contributed by atoms with van der Waals surface area (Å²) in [6.07, 6.45) is 0.638. The van der Waals surface area contributed by atoms with Gasteiger partial charge in [0.15, 0.2) is 0 Å². The standard InChI is InChI=1S/C24H34N2O7/c1-3-18(2)21(26-22(27)19-6-4-5-7-20(19)23(26)28)24(29)25-8-10-30-12-14-32-16-17-33-15-13-31-11-9-25/h4-7,18,21H,3,8-17H2,1-2H3/t18-,21-/m0/s1. The van der Waals surface area contributed by atoms with Gasteiger partial charge in [-0.05, 0) is 18.1 Å². The first kappa shape index (κ1) is 25.3. The monoisotopic (exact) mass is 462 g/mol. The van der Waals surface area contributed by atoms with E-state index in [2.05, 4.69) is 0 Å². The summed E-state index contributed by atoms with van der Waals surface area (Å²) in [6.45, 7) is 7.82. The molecule has 3 amide bonds. The van der Waals surface area contributed by atoms with Gasteiger partial charge in [0, 0.05) is 13.1 Å².